The minimum Gasteiger partial charge on any atom is -0.480 e. The van der Waals surface area contributed by atoms with Crippen LogP contribution in [0.1, 0.15) is 48.0 Å². The number of halogens is 3. The number of carboxylic acid groups (broad SMARTS) is 1. The van der Waals surface area contributed by atoms with Gasteiger partial charge < -0.3 is 20.1 Å². The van der Waals surface area contributed by atoms with Crippen LogP contribution >= 0.6 is 0 Å². The molecule has 31 heavy (non-hydrogen) atoms. The summed E-state index contributed by atoms with van der Waals surface area (Å²) in [4.78, 5) is 35.7. The van der Waals surface area contributed by atoms with Crippen LogP contribution in [-0.2, 0) is 14.3 Å². The van der Waals surface area contributed by atoms with E-state index in [1.165, 1.54) is 11.4 Å². The number of piperazine rings is 1. The van der Waals surface area contributed by atoms with E-state index < -0.39 is 24.2 Å². The number of ether oxygens (including phenoxy) is 1. The third-order valence-corrected chi connectivity index (χ3v) is 4.10. The summed E-state index contributed by atoms with van der Waals surface area (Å²) in [7, 11) is 0. The van der Waals surface area contributed by atoms with Gasteiger partial charge in [0.1, 0.15) is 18.7 Å². The Balaban J connectivity index is -0.000000548. The quantitative estimate of drug-likeness (QED) is 0.448. The maximum absolute atomic E-state index is 11.6. The molecule has 0 saturated carbocycles. The summed E-state index contributed by atoms with van der Waals surface area (Å²) in [6.45, 7) is 16.1. The van der Waals surface area contributed by atoms with Crippen molar-refractivity contribution in [1.29, 1.82) is 0 Å². The molecule has 0 aromatic carbocycles. The van der Waals surface area contributed by atoms with Gasteiger partial charge in [0.2, 0.25) is 6.41 Å². The molecule has 1 saturated heterocycles. The number of amides is 2. The lowest BCUT2D eigenvalue weighted by atomic mass is 9.95. The van der Waals surface area contributed by atoms with Crippen LogP contribution in [0.3, 0.4) is 0 Å². The monoisotopic (exact) mass is 457 g/mol. The molecule has 0 radical (unpaired) electrons. The van der Waals surface area contributed by atoms with Crippen LogP contribution in [0, 0.1) is 0 Å². The Hall–Kier alpha value is -2.30. The number of hydrogen-bond acceptors (Lipinski definition) is 5. The van der Waals surface area contributed by atoms with Crippen LogP contribution in [0.5, 0.6) is 0 Å². The molecule has 2 amide bonds. The van der Waals surface area contributed by atoms with E-state index in [4.69, 9.17) is 4.74 Å². The van der Waals surface area contributed by atoms with Gasteiger partial charge in [-0.1, -0.05) is 47.3 Å². The van der Waals surface area contributed by atoms with E-state index in [1.807, 2.05) is 39.5 Å². The molecular formula is C20H38F3N3O5. The molecule has 1 atom stereocenters. The van der Waals surface area contributed by atoms with Gasteiger partial charge in [0.25, 0.3) is 0 Å². The number of rotatable bonds is 7. The largest absolute Gasteiger partial charge is 0.480 e. The van der Waals surface area contributed by atoms with Crippen LogP contribution < -0.4 is 5.32 Å². The maximum atomic E-state index is 11.6. The van der Waals surface area contributed by atoms with Crippen molar-refractivity contribution >= 4 is 18.5 Å². The van der Waals surface area contributed by atoms with E-state index in [0.717, 1.165) is 0 Å². The van der Waals surface area contributed by atoms with Crippen LogP contribution in [0.25, 0.3) is 0 Å². The molecule has 0 aromatic rings. The minimum absolute atomic E-state index is 0.00743. The fraction of sp³-hybridized carbons (Fsp3) is 0.750. The molecule has 0 spiro atoms. The van der Waals surface area contributed by atoms with Crippen LogP contribution in [0.15, 0.2) is 12.7 Å². The number of aliphatic carboxylic acids is 1. The number of carbonyl (C=O) groups is 3. The second kappa shape index (κ2) is 18.5. The van der Waals surface area contributed by atoms with Crippen molar-refractivity contribution in [3.05, 3.63) is 12.7 Å². The zero-order valence-electron chi connectivity index (χ0n) is 19.4. The highest BCUT2D eigenvalue weighted by Gasteiger charge is 2.39. The Labute approximate surface area is 183 Å². The summed E-state index contributed by atoms with van der Waals surface area (Å²) in [6.07, 6.45) is -2.60. The first kappa shape index (κ1) is 33.3. The van der Waals surface area contributed by atoms with Gasteiger partial charge >= 0.3 is 18.2 Å². The number of carbonyl (C=O) groups excluding carboxylic acids is 2. The van der Waals surface area contributed by atoms with Gasteiger partial charge in [0, 0.05) is 26.2 Å². The van der Waals surface area contributed by atoms with Gasteiger partial charge in [-0.05, 0) is 13.3 Å². The second-order valence-electron chi connectivity index (χ2n) is 5.89. The molecule has 1 rings (SSSR count). The Bertz CT molecular complexity index is 511. The number of hydrogen-bond donors (Lipinski definition) is 2. The van der Waals surface area contributed by atoms with Crippen LogP contribution in [-0.4, -0.2) is 84.4 Å². The van der Waals surface area contributed by atoms with E-state index in [-0.39, 0.29) is 19.1 Å². The molecule has 1 fully saturated rings. The Morgan fingerprint density at radius 2 is 1.61 bits per heavy atom. The summed E-state index contributed by atoms with van der Waals surface area (Å²) in [5.74, 6) is -0.822. The summed E-state index contributed by atoms with van der Waals surface area (Å²) >= 11 is 0. The van der Waals surface area contributed by atoms with Gasteiger partial charge in [-0.2, -0.15) is 13.2 Å². The minimum atomic E-state index is -4.29. The number of carboxylic acids is 1. The molecule has 1 unspecified atom stereocenters. The highest BCUT2D eigenvalue weighted by Crippen LogP contribution is 2.21. The number of nitrogens with zero attached hydrogens (tertiary/aromatic N) is 2. The predicted molar refractivity (Wildman–Crippen MR) is 114 cm³/mol. The van der Waals surface area contributed by atoms with Crippen molar-refractivity contribution in [3.8, 4) is 0 Å². The van der Waals surface area contributed by atoms with Crippen molar-refractivity contribution in [2.24, 2.45) is 0 Å². The molecule has 0 bridgehead atoms. The average molecular weight is 458 g/mol. The first-order valence-electron chi connectivity index (χ1n) is 10.3. The Morgan fingerprint density at radius 3 is 1.90 bits per heavy atom. The molecule has 1 aliphatic rings. The topological polar surface area (TPSA) is 99.2 Å². The SMILES string of the molecule is C=CCOC(=O)N1CCN(C(C)(CC)C(=O)O)CC1.CC.CC.O=CNCC(F)(F)F. The summed E-state index contributed by atoms with van der Waals surface area (Å²) in [5.41, 5.74) is -0.864. The van der Waals surface area contributed by atoms with Gasteiger partial charge in [-0.15, -0.1) is 0 Å². The summed E-state index contributed by atoms with van der Waals surface area (Å²) in [6, 6.07) is 0. The second-order valence-corrected chi connectivity index (χ2v) is 5.89. The molecule has 11 heteroatoms. The van der Waals surface area contributed by atoms with Gasteiger partial charge in [-0.3, -0.25) is 14.5 Å². The molecule has 0 aromatic heterocycles. The van der Waals surface area contributed by atoms with E-state index >= 15 is 0 Å². The zero-order valence-corrected chi connectivity index (χ0v) is 19.4. The Morgan fingerprint density at radius 1 is 1.13 bits per heavy atom. The lowest BCUT2D eigenvalue weighted by Crippen LogP contribution is -2.59. The van der Waals surface area contributed by atoms with Crippen molar-refractivity contribution in [2.75, 3.05) is 39.3 Å². The summed E-state index contributed by atoms with van der Waals surface area (Å²) in [5, 5.41) is 10.8. The first-order valence-corrected chi connectivity index (χ1v) is 10.3. The standard InChI is InChI=1S/C13H22N2O4.C3H4F3NO.2C2H6/c1-4-10-19-12(18)14-6-8-15(9-7-14)13(3,5-2)11(16)17;4-3(5,6)1-7-2-8;2*1-2/h4H,1,5-10H2,2-3H3,(H,16,17);2H,1H2,(H,7,8);2*1-2H3. The Kier molecular flexibility index (Phi) is 19.9. The van der Waals surface area contributed by atoms with Gasteiger partial charge in [-0.25, -0.2) is 4.79 Å². The number of alkyl halides is 3. The summed E-state index contributed by atoms with van der Waals surface area (Å²) < 4.78 is 38.0. The molecule has 1 heterocycles. The zero-order chi connectivity index (χ0) is 25.1. The van der Waals surface area contributed by atoms with E-state index in [0.29, 0.717) is 32.6 Å². The third kappa shape index (κ3) is 14.4. The van der Waals surface area contributed by atoms with E-state index in [9.17, 15) is 32.7 Å². The van der Waals surface area contributed by atoms with Crippen LogP contribution in [0.2, 0.25) is 0 Å². The lowest BCUT2D eigenvalue weighted by molar-refractivity contribution is -0.152. The predicted octanol–water partition coefficient (Wildman–Crippen LogP) is 3.53. The van der Waals surface area contributed by atoms with Crippen LogP contribution in [0.4, 0.5) is 18.0 Å². The first-order chi connectivity index (χ1) is 14.5. The molecule has 184 valence electrons. The highest BCUT2D eigenvalue weighted by molar-refractivity contribution is 5.78. The fourth-order valence-corrected chi connectivity index (χ4v) is 2.27. The molecule has 1 aliphatic heterocycles. The molecule has 8 nitrogen and oxygen atoms in total. The van der Waals surface area contributed by atoms with Crippen molar-refractivity contribution < 1.29 is 37.4 Å². The van der Waals surface area contributed by atoms with Gasteiger partial charge in [0.05, 0.1) is 0 Å². The highest BCUT2D eigenvalue weighted by atomic mass is 19.4. The fourth-order valence-electron chi connectivity index (χ4n) is 2.27. The van der Waals surface area contributed by atoms with Crippen molar-refractivity contribution in [3.63, 3.8) is 0 Å². The van der Waals surface area contributed by atoms with Crippen molar-refractivity contribution in [2.45, 2.75) is 59.7 Å². The lowest BCUT2D eigenvalue weighted by Gasteiger charge is -2.42. The molecular weight excluding hydrogens is 419 g/mol. The average Bonchev–Trinajstić information content (AvgIpc) is 2.78. The maximum Gasteiger partial charge on any atom is 0.410 e. The van der Waals surface area contributed by atoms with Gasteiger partial charge in [0.15, 0.2) is 0 Å². The smallest absolute Gasteiger partial charge is 0.410 e. The van der Waals surface area contributed by atoms with E-state index in [2.05, 4.69) is 6.58 Å². The molecule has 0 aliphatic carbocycles. The molecule has 2 N–H and O–H groups in total. The third-order valence-electron chi connectivity index (χ3n) is 4.10. The van der Waals surface area contributed by atoms with Crippen molar-refractivity contribution in [1.82, 2.24) is 15.1 Å². The number of nitrogens with one attached hydrogen (secondary N) is 1. The van der Waals surface area contributed by atoms with E-state index in [1.54, 1.807) is 11.8 Å². The normalized spacial score (nSPS) is 15.2.